The summed E-state index contributed by atoms with van der Waals surface area (Å²) in [5, 5.41) is 18.6. The molecule has 0 bridgehead atoms. The Morgan fingerprint density at radius 3 is 2.79 bits per heavy atom. The van der Waals surface area contributed by atoms with Crippen LogP contribution in [0.2, 0.25) is 5.02 Å². The van der Waals surface area contributed by atoms with E-state index in [2.05, 4.69) is 15.2 Å². The number of rotatable bonds is 6. The Hall–Kier alpha value is -4.39. The van der Waals surface area contributed by atoms with Crippen molar-refractivity contribution in [2.45, 2.75) is 6.54 Å². The second kappa shape index (κ2) is 9.62. The monoisotopic (exact) mass is 474 g/mol. The van der Waals surface area contributed by atoms with Crippen molar-refractivity contribution >= 4 is 45.3 Å². The van der Waals surface area contributed by atoms with Crippen molar-refractivity contribution < 1.29 is 4.39 Å². The fourth-order valence-electron chi connectivity index (χ4n) is 3.43. The number of H-pyrrole nitrogens is 1. The number of nitriles is 1. The number of hydrogen-bond acceptors (Lipinski definition) is 7. The smallest absolute Gasteiger partial charge is 0.129 e. The zero-order valence-corrected chi connectivity index (χ0v) is 18.6. The number of nitrogens with one attached hydrogen (secondary N) is 1. The first kappa shape index (κ1) is 22.8. The summed E-state index contributed by atoms with van der Waals surface area (Å²) in [4.78, 5) is 4.50. The molecule has 1 aromatic heterocycles. The normalized spacial score (nSPS) is 11.8. The predicted octanol–water partition coefficient (Wildman–Crippen LogP) is 4.28. The molecule has 0 atom stereocenters. The van der Waals surface area contributed by atoms with E-state index in [0.29, 0.717) is 38.9 Å². The molecule has 0 amide bonds. The predicted molar refractivity (Wildman–Crippen MR) is 133 cm³/mol. The Kier molecular flexibility index (Phi) is 6.45. The fourth-order valence-corrected chi connectivity index (χ4v) is 3.70. The van der Waals surface area contributed by atoms with Gasteiger partial charge >= 0.3 is 0 Å². The highest BCUT2D eigenvalue weighted by Gasteiger charge is 2.16. The Morgan fingerprint density at radius 2 is 2.06 bits per heavy atom. The molecular formula is C24H20ClFN8. The summed E-state index contributed by atoms with van der Waals surface area (Å²) in [5.41, 5.74) is 15.7. The number of hydrazine groups is 1. The summed E-state index contributed by atoms with van der Waals surface area (Å²) in [7, 11) is 0. The van der Waals surface area contributed by atoms with Gasteiger partial charge in [0.1, 0.15) is 5.82 Å². The van der Waals surface area contributed by atoms with Gasteiger partial charge in [-0.05, 0) is 54.7 Å². The van der Waals surface area contributed by atoms with Gasteiger partial charge in [0.25, 0.3) is 0 Å². The van der Waals surface area contributed by atoms with Gasteiger partial charge in [-0.3, -0.25) is 15.1 Å². The SMILES string of the molecule is N#Cc1ccc(CN=C(C=CN)c2cc(N(N)c3ccc4cn[nH]c4c3)c(N)cc2Cl)c(F)c1. The lowest BCUT2D eigenvalue weighted by atomic mass is 10.1. The maximum Gasteiger partial charge on any atom is 0.129 e. The van der Waals surface area contributed by atoms with E-state index in [1.54, 1.807) is 24.4 Å². The Labute approximate surface area is 199 Å². The molecular weight excluding hydrogens is 455 g/mol. The van der Waals surface area contributed by atoms with E-state index in [9.17, 15) is 4.39 Å². The van der Waals surface area contributed by atoms with Gasteiger partial charge in [-0.1, -0.05) is 17.7 Å². The lowest BCUT2D eigenvalue weighted by molar-refractivity contribution is 0.610. The maximum atomic E-state index is 14.3. The second-order valence-electron chi connectivity index (χ2n) is 7.38. The van der Waals surface area contributed by atoms with Crippen molar-refractivity contribution in [3.63, 3.8) is 0 Å². The molecule has 0 unspecified atom stereocenters. The Bertz CT molecular complexity index is 1470. The van der Waals surface area contributed by atoms with Gasteiger partial charge < -0.3 is 11.5 Å². The number of nitrogen functional groups attached to an aromatic ring is 1. The van der Waals surface area contributed by atoms with Crippen molar-refractivity contribution in [2.75, 3.05) is 10.7 Å². The van der Waals surface area contributed by atoms with Crippen LogP contribution in [-0.4, -0.2) is 15.9 Å². The molecule has 1 heterocycles. The summed E-state index contributed by atoms with van der Waals surface area (Å²) < 4.78 is 14.3. The zero-order chi connectivity index (χ0) is 24.2. The van der Waals surface area contributed by atoms with Crippen molar-refractivity contribution in [2.24, 2.45) is 16.6 Å². The molecule has 0 aliphatic heterocycles. The number of benzene rings is 3. The second-order valence-corrected chi connectivity index (χ2v) is 7.79. The van der Waals surface area contributed by atoms with E-state index in [4.69, 9.17) is 34.2 Å². The highest BCUT2D eigenvalue weighted by molar-refractivity contribution is 6.35. The molecule has 34 heavy (non-hydrogen) atoms. The molecule has 10 heteroatoms. The number of halogens is 2. The quantitative estimate of drug-likeness (QED) is 0.142. The molecule has 0 aliphatic rings. The lowest BCUT2D eigenvalue weighted by Gasteiger charge is -2.22. The Morgan fingerprint density at radius 1 is 1.24 bits per heavy atom. The molecule has 0 spiro atoms. The largest absolute Gasteiger partial charge is 0.405 e. The first-order chi connectivity index (χ1) is 16.4. The standard InChI is InChI=1S/C24H20ClFN8/c25-19-10-21(29)24(34(30)17-4-3-16-13-32-33-23(16)8-17)9-18(19)22(5-6-27)31-12-15-2-1-14(11-28)7-20(15)26/h1-10,13H,12,27,29-30H2,(H,32,33). The molecule has 4 aromatic rings. The van der Waals surface area contributed by atoms with Gasteiger partial charge in [0.05, 0.1) is 57.7 Å². The van der Waals surface area contributed by atoms with Gasteiger partial charge in [-0.25, -0.2) is 10.2 Å². The van der Waals surface area contributed by atoms with Gasteiger partial charge in [0.15, 0.2) is 0 Å². The van der Waals surface area contributed by atoms with Crippen LogP contribution in [0, 0.1) is 17.1 Å². The van der Waals surface area contributed by atoms with E-state index in [0.717, 1.165) is 10.9 Å². The van der Waals surface area contributed by atoms with Gasteiger partial charge in [-0.2, -0.15) is 10.4 Å². The summed E-state index contributed by atoms with van der Waals surface area (Å²) in [6.45, 7) is 0.0100. The van der Waals surface area contributed by atoms with Gasteiger partial charge in [0, 0.05) is 16.5 Å². The first-order valence-electron chi connectivity index (χ1n) is 10.1. The highest BCUT2D eigenvalue weighted by atomic mass is 35.5. The molecule has 8 nitrogen and oxygen atoms in total. The summed E-state index contributed by atoms with van der Waals surface area (Å²) in [5.74, 6) is 5.88. The summed E-state index contributed by atoms with van der Waals surface area (Å²) in [6, 6.07) is 15.0. The molecule has 0 saturated heterocycles. The lowest BCUT2D eigenvalue weighted by Crippen LogP contribution is -2.26. The molecule has 4 rings (SSSR count). The number of aromatic amines is 1. The third-order valence-corrected chi connectivity index (χ3v) is 5.52. The van der Waals surface area contributed by atoms with Gasteiger partial charge in [-0.15, -0.1) is 0 Å². The van der Waals surface area contributed by atoms with Crippen LogP contribution < -0.4 is 22.3 Å². The van der Waals surface area contributed by atoms with Gasteiger partial charge in [0.2, 0.25) is 0 Å². The van der Waals surface area contributed by atoms with E-state index in [1.807, 2.05) is 24.3 Å². The topological polar surface area (TPSA) is 146 Å². The Balaban J connectivity index is 1.72. The molecule has 0 saturated carbocycles. The van der Waals surface area contributed by atoms with E-state index in [1.165, 1.54) is 29.4 Å². The number of aliphatic imine (C=N–C) groups is 1. The molecule has 3 aromatic carbocycles. The zero-order valence-electron chi connectivity index (χ0n) is 17.8. The minimum atomic E-state index is -0.523. The number of fused-ring (bicyclic) bond motifs is 1. The van der Waals surface area contributed by atoms with Crippen molar-refractivity contribution in [3.8, 4) is 6.07 Å². The van der Waals surface area contributed by atoms with Crippen LogP contribution in [0.5, 0.6) is 0 Å². The molecule has 170 valence electrons. The molecule has 7 N–H and O–H groups in total. The molecule has 0 radical (unpaired) electrons. The average Bonchev–Trinajstić information content (AvgIpc) is 3.30. The first-order valence-corrected chi connectivity index (χ1v) is 10.5. The number of allylic oxidation sites excluding steroid dienone is 1. The average molecular weight is 475 g/mol. The minimum absolute atomic E-state index is 0.0100. The number of nitrogens with zero attached hydrogens (tertiary/aromatic N) is 4. The number of nitrogens with two attached hydrogens (primary N) is 3. The number of hydrogen-bond donors (Lipinski definition) is 4. The maximum absolute atomic E-state index is 14.3. The number of anilines is 3. The summed E-state index contributed by atoms with van der Waals surface area (Å²) >= 11 is 6.48. The molecule has 0 fully saturated rings. The highest BCUT2D eigenvalue weighted by Crippen LogP contribution is 2.34. The van der Waals surface area contributed by atoms with E-state index < -0.39 is 5.82 Å². The van der Waals surface area contributed by atoms with Crippen molar-refractivity contribution in [1.82, 2.24) is 10.2 Å². The van der Waals surface area contributed by atoms with Crippen LogP contribution in [0.25, 0.3) is 10.9 Å². The van der Waals surface area contributed by atoms with Crippen LogP contribution in [0.4, 0.5) is 21.5 Å². The van der Waals surface area contributed by atoms with Crippen LogP contribution in [-0.2, 0) is 6.54 Å². The van der Waals surface area contributed by atoms with Crippen LogP contribution in [0.15, 0.2) is 72.0 Å². The van der Waals surface area contributed by atoms with E-state index >= 15 is 0 Å². The molecule has 0 aliphatic carbocycles. The van der Waals surface area contributed by atoms with E-state index in [-0.39, 0.29) is 12.1 Å². The van der Waals surface area contributed by atoms with Crippen LogP contribution in [0.3, 0.4) is 0 Å². The number of aromatic nitrogens is 2. The van der Waals surface area contributed by atoms with Crippen LogP contribution in [0.1, 0.15) is 16.7 Å². The van der Waals surface area contributed by atoms with Crippen molar-refractivity contribution in [1.29, 1.82) is 5.26 Å². The van der Waals surface area contributed by atoms with Crippen molar-refractivity contribution in [3.05, 3.63) is 94.5 Å². The minimum Gasteiger partial charge on any atom is -0.405 e. The third kappa shape index (κ3) is 4.54. The fraction of sp³-hybridized carbons (Fsp3) is 0.0417. The van der Waals surface area contributed by atoms with Crippen LogP contribution >= 0.6 is 11.6 Å². The third-order valence-electron chi connectivity index (χ3n) is 5.21. The summed E-state index contributed by atoms with van der Waals surface area (Å²) in [6.07, 6.45) is 4.58.